The van der Waals surface area contributed by atoms with E-state index in [4.69, 9.17) is 4.98 Å². The molecule has 22 heavy (non-hydrogen) atoms. The lowest BCUT2D eigenvalue weighted by Crippen LogP contribution is -2.28. The number of amides is 1. The van der Waals surface area contributed by atoms with Crippen LogP contribution in [0.15, 0.2) is 23.7 Å². The lowest BCUT2D eigenvalue weighted by Gasteiger charge is -2.22. The van der Waals surface area contributed by atoms with Crippen molar-refractivity contribution in [2.45, 2.75) is 31.6 Å². The lowest BCUT2D eigenvalue weighted by molar-refractivity contribution is -0.116. The zero-order valence-corrected chi connectivity index (χ0v) is 13.1. The van der Waals surface area contributed by atoms with Gasteiger partial charge in [-0.25, -0.2) is 0 Å². The summed E-state index contributed by atoms with van der Waals surface area (Å²) in [5, 5.41) is 14.2. The number of aryl methyl sites for hydroxylation is 1. The van der Waals surface area contributed by atoms with Gasteiger partial charge >= 0.3 is 0 Å². The molecule has 116 valence electrons. The van der Waals surface area contributed by atoms with Gasteiger partial charge in [-0.2, -0.15) is 0 Å². The summed E-state index contributed by atoms with van der Waals surface area (Å²) in [7, 11) is 0. The molecule has 6 nitrogen and oxygen atoms in total. The molecule has 2 aromatic heterocycles. The highest BCUT2D eigenvalue weighted by Gasteiger charge is 2.16. The van der Waals surface area contributed by atoms with Gasteiger partial charge in [-0.05, 0) is 37.9 Å². The summed E-state index contributed by atoms with van der Waals surface area (Å²) in [6.45, 7) is 2.09. The summed E-state index contributed by atoms with van der Waals surface area (Å²) in [5.41, 5.74) is 3.70. The van der Waals surface area contributed by atoms with E-state index in [2.05, 4.69) is 26.9 Å². The molecule has 1 aliphatic heterocycles. The molecule has 1 amide bonds. The first-order valence-electron chi connectivity index (χ1n) is 7.54. The first-order chi connectivity index (χ1) is 10.8. The maximum Gasteiger partial charge on any atom is 0.226 e. The van der Waals surface area contributed by atoms with E-state index in [0.717, 1.165) is 24.5 Å². The minimum Gasteiger partial charge on any atom is -0.316 e. The monoisotopic (exact) mass is 317 g/mol. The zero-order valence-electron chi connectivity index (χ0n) is 12.3. The smallest absolute Gasteiger partial charge is 0.226 e. The number of carbonyl (C=O) groups is 1. The maximum absolute atomic E-state index is 11.9. The summed E-state index contributed by atoms with van der Waals surface area (Å²) >= 11 is 1.32. The number of piperidine rings is 1. The van der Waals surface area contributed by atoms with Gasteiger partial charge in [0.25, 0.3) is 0 Å². The molecule has 0 aromatic carbocycles. The van der Waals surface area contributed by atoms with Gasteiger partial charge in [0.15, 0.2) is 0 Å². The van der Waals surface area contributed by atoms with E-state index in [1.807, 2.05) is 12.1 Å². The van der Waals surface area contributed by atoms with Crippen molar-refractivity contribution in [3.63, 3.8) is 0 Å². The molecule has 2 aromatic rings. The van der Waals surface area contributed by atoms with E-state index in [1.165, 1.54) is 24.2 Å². The van der Waals surface area contributed by atoms with Gasteiger partial charge in [0.2, 0.25) is 11.0 Å². The summed E-state index contributed by atoms with van der Waals surface area (Å²) in [5.74, 6) is 0.437. The fraction of sp³-hybridized carbons (Fsp3) is 0.467. The lowest BCUT2D eigenvalue weighted by atomic mass is 9.95. The van der Waals surface area contributed by atoms with Crippen molar-refractivity contribution in [2.24, 2.45) is 0 Å². The van der Waals surface area contributed by atoms with Gasteiger partial charge in [0.05, 0.1) is 0 Å². The number of nitrogens with one attached hydrogen (secondary N) is 2. The molecule has 2 N–H and O–H groups in total. The van der Waals surface area contributed by atoms with Crippen LogP contribution >= 0.6 is 11.3 Å². The van der Waals surface area contributed by atoms with E-state index in [9.17, 15) is 4.79 Å². The number of pyridine rings is 1. The van der Waals surface area contributed by atoms with Crippen molar-refractivity contribution in [2.75, 3.05) is 18.4 Å². The predicted octanol–water partition coefficient (Wildman–Crippen LogP) is 1.97. The second-order valence-corrected chi connectivity index (χ2v) is 6.22. The van der Waals surface area contributed by atoms with E-state index < -0.39 is 0 Å². The van der Waals surface area contributed by atoms with Crippen molar-refractivity contribution >= 4 is 22.4 Å². The molecular weight excluding hydrogens is 298 g/mol. The standard InChI is InChI=1S/C15H19N5OS/c21-14(19-15-20-17-10-22-15)7-6-12-4-1-5-13(18-12)11-3-2-8-16-9-11/h1,4-5,10-11,16H,2-3,6-9H2,(H,19,20,21)/t11-/m0/s1. The number of anilines is 1. The first-order valence-corrected chi connectivity index (χ1v) is 8.42. The largest absolute Gasteiger partial charge is 0.316 e. The molecule has 3 heterocycles. The highest BCUT2D eigenvalue weighted by molar-refractivity contribution is 7.13. The third-order valence-electron chi connectivity index (χ3n) is 3.76. The summed E-state index contributed by atoms with van der Waals surface area (Å²) in [6, 6.07) is 6.11. The second-order valence-electron chi connectivity index (χ2n) is 5.39. The Bertz CT molecular complexity index is 610. The average molecular weight is 317 g/mol. The number of aromatic nitrogens is 3. The second kappa shape index (κ2) is 7.42. The molecule has 0 saturated carbocycles. The molecule has 0 unspecified atom stereocenters. The van der Waals surface area contributed by atoms with E-state index in [0.29, 0.717) is 23.9 Å². The molecule has 1 saturated heterocycles. The quantitative estimate of drug-likeness (QED) is 0.881. The normalized spacial score (nSPS) is 18.1. The van der Waals surface area contributed by atoms with Gasteiger partial charge in [-0.3, -0.25) is 9.78 Å². The first kappa shape index (κ1) is 15.1. The Hall–Kier alpha value is -1.86. The molecule has 1 atom stereocenters. The van der Waals surface area contributed by atoms with Gasteiger partial charge in [-0.15, -0.1) is 10.2 Å². The molecule has 0 aliphatic carbocycles. The van der Waals surface area contributed by atoms with E-state index in [1.54, 1.807) is 5.51 Å². The summed E-state index contributed by atoms with van der Waals surface area (Å²) < 4.78 is 0. The number of nitrogens with zero attached hydrogens (tertiary/aromatic N) is 3. The Morgan fingerprint density at radius 3 is 3.18 bits per heavy atom. The third-order valence-corrected chi connectivity index (χ3v) is 4.36. The zero-order chi connectivity index (χ0) is 15.2. The van der Waals surface area contributed by atoms with Crippen LogP contribution in [-0.4, -0.2) is 34.2 Å². The minimum absolute atomic E-state index is 0.0525. The fourth-order valence-electron chi connectivity index (χ4n) is 2.62. The Balaban J connectivity index is 1.54. The van der Waals surface area contributed by atoms with Gasteiger partial charge in [-0.1, -0.05) is 17.4 Å². The van der Waals surface area contributed by atoms with Crippen molar-refractivity contribution in [3.8, 4) is 0 Å². The SMILES string of the molecule is O=C(CCc1cccc([C@H]2CCCNC2)n1)Nc1nncs1. The van der Waals surface area contributed by atoms with Gasteiger partial charge in [0, 0.05) is 30.3 Å². The Labute approximate surface area is 133 Å². The Morgan fingerprint density at radius 1 is 1.45 bits per heavy atom. The summed E-state index contributed by atoms with van der Waals surface area (Å²) in [4.78, 5) is 16.6. The van der Waals surface area contributed by atoms with Crippen LogP contribution < -0.4 is 10.6 Å². The number of carbonyl (C=O) groups excluding carboxylic acids is 1. The highest BCUT2D eigenvalue weighted by atomic mass is 32.1. The molecule has 3 rings (SSSR count). The van der Waals surface area contributed by atoms with Crippen LogP contribution in [-0.2, 0) is 11.2 Å². The van der Waals surface area contributed by atoms with Gasteiger partial charge in [0.1, 0.15) is 5.51 Å². The Morgan fingerprint density at radius 2 is 2.41 bits per heavy atom. The van der Waals surface area contributed by atoms with Crippen molar-refractivity contribution in [1.82, 2.24) is 20.5 Å². The molecule has 7 heteroatoms. The van der Waals surface area contributed by atoms with E-state index in [-0.39, 0.29) is 5.91 Å². The van der Waals surface area contributed by atoms with Gasteiger partial charge < -0.3 is 10.6 Å². The predicted molar refractivity (Wildman–Crippen MR) is 85.9 cm³/mol. The van der Waals surface area contributed by atoms with E-state index >= 15 is 0 Å². The molecule has 1 aliphatic rings. The summed E-state index contributed by atoms with van der Waals surface area (Å²) in [6.07, 6.45) is 3.42. The van der Waals surface area contributed by atoms with Crippen LogP contribution in [0.4, 0.5) is 5.13 Å². The Kier molecular flexibility index (Phi) is 5.07. The molecule has 0 spiro atoms. The minimum atomic E-state index is -0.0525. The van der Waals surface area contributed by atoms with Crippen LogP contribution in [0, 0.1) is 0 Å². The third kappa shape index (κ3) is 4.08. The van der Waals surface area contributed by atoms with Crippen molar-refractivity contribution in [1.29, 1.82) is 0 Å². The van der Waals surface area contributed by atoms with Crippen molar-refractivity contribution < 1.29 is 4.79 Å². The molecular formula is C15H19N5OS. The number of rotatable bonds is 5. The van der Waals surface area contributed by atoms with Crippen LogP contribution in [0.2, 0.25) is 0 Å². The molecule has 0 bridgehead atoms. The topological polar surface area (TPSA) is 79.8 Å². The fourth-order valence-corrected chi connectivity index (χ4v) is 3.08. The number of hydrogen-bond donors (Lipinski definition) is 2. The van der Waals surface area contributed by atoms with Crippen LogP contribution in [0.5, 0.6) is 0 Å². The maximum atomic E-state index is 11.9. The van der Waals surface area contributed by atoms with Crippen LogP contribution in [0.1, 0.15) is 36.6 Å². The van der Waals surface area contributed by atoms with Crippen LogP contribution in [0.25, 0.3) is 0 Å². The van der Waals surface area contributed by atoms with Crippen LogP contribution in [0.3, 0.4) is 0 Å². The number of hydrogen-bond acceptors (Lipinski definition) is 6. The molecule has 0 radical (unpaired) electrons. The highest BCUT2D eigenvalue weighted by Crippen LogP contribution is 2.21. The van der Waals surface area contributed by atoms with Crippen molar-refractivity contribution in [3.05, 3.63) is 35.1 Å². The average Bonchev–Trinajstić information content (AvgIpc) is 3.07. The molecule has 1 fully saturated rings.